The van der Waals surface area contributed by atoms with Gasteiger partial charge in [-0.15, -0.1) is 0 Å². The molecule has 0 aliphatic rings. The predicted octanol–water partition coefficient (Wildman–Crippen LogP) is 2.56. The number of hydrogen-bond donors (Lipinski definition) is 1. The third-order valence-electron chi connectivity index (χ3n) is 1.61. The Bertz CT molecular complexity index is 399. The largest absolute Gasteiger partial charge is 0.487 e. The molecule has 6 heteroatoms. The number of alkyl halides is 2. The predicted molar refractivity (Wildman–Crippen MR) is 49.5 cm³/mol. The third-order valence-corrected chi connectivity index (χ3v) is 1.61. The van der Waals surface area contributed by atoms with Gasteiger partial charge in [-0.2, -0.15) is 0 Å². The highest BCUT2D eigenvalue weighted by Crippen LogP contribution is 2.19. The van der Waals surface area contributed by atoms with Crippen molar-refractivity contribution in [3.05, 3.63) is 29.6 Å². The van der Waals surface area contributed by atoms with E-state index < -0.39 is 24.3 Å². The average Bonchev–Trinajstić information content (AvgIpc) is 2.13. The fraction of sp³-hybridized carbons (Fsp3) is 0.300. The maximum Gasteiger partial charge on any atom is 0.335 e. The number of aromatic carboxylic acids is 1. The SMILES string of the molecule is CC(F)(F)COc1cc(F)cc(C(=O)O)c1. The van der Waals surface area contributed by atoms with Crippen LogP contribution in [0.3, 0.4) is 0 Å². The molecule has 1 rings (SSSR count). The molecular formula is C10H9F3O3. The summed E-state index contributed by atoms with van der Waals surface area (Å²) in [7, 11) is 0. The molecule has 0 aliphatic carbocycles. The van der Waals surface area contributed by atoms with Gasteiger partial charge in [0, 0.05) is 13.0 Å². The van der Waals surface area contributed by atoms with Crippen LogP contribution in [-0.4, -0.2) is 23.6 Å². The first-order valence-corrected chi connectivity index (χ1v) is 4.32. The summed E-state index contributed by atoms with van der Waals surface area (Å²) < 4.78 is 42.3. The molecule has 0 radical (unpaired) electrons. The Morgan fingerprint density at radius 2 is 2.06 bits per heavy atom. The van der Waals surface area contributed by atoms with Crippen molar-refractivity contribution in [1.82, 2.24) is 0 Å². The van der Waals surface area contributed by atoms with Gasteiger partial charge in [-0.25, -0.2) is 18.0 Å². The zero-order valence-corrected chi connectivity index (χ0v) is 8.34. The molecule has 0 aliphatic heterocycles. The lowest BCUT2D eigenvalue weighted by atomic mass is 10.2. The summed E-state index contributed by atoms with van der Waals surface area (Å²) in [6, 6.07) is 2.61. The Labute approximate surface area is 89.5 Å². The number of carboxylic acids is 1. The molecule has 0 fully saturated rings. The maximum absolute atomic E-state index is 12.9. The van der Waals surface area contributed by atoms with Gasteiger partial charge in [-0.3, -0.25) is 0 Å². The molecule has 0 saturated carbocycles. The van der Waals surface area contributed by atoms with Crippen LogP contribution in [0.5, 0.6) is 5.75 Å². The smallest absolute Gasteiger partial charge is 0.335 e. The molecule has 16 heavy (non-hydrogen) atoms. The Morgan fingerprint density at radius 1 is 1.44 bits per heavy atom. The van der Waals surface area contributed by atoms with E-state index in [1.54, 1.807) is 0 Å². The van der Waals surface area contributed by atoms with Gasteiger partial charge in [-0.05, 0) is 12.1 Å². The van der Waals surface area contributed by atoms with Crippen LogP contribution in [0.4, 0.5) is 13.2 Å². The van der Waals surface area contributed by atoms with E-state index in [4.69, 9.17) is 5.11 Å². The summed E-state index contributed by atoms with van der Waals surface area (Å²) in [5.41, 5.74) is -0.352. The van der Waals surface area contributed by atoms with Crippen LogP contribution in [-0.2, 0) is 0 Å². The summed E-state index contributed by atoms with van der Waals surface area (Å²) in [5.74, 6) is -5.50. The highest BCUT2D eigenvalue weighted by Gasteiger charge is 2.22. The van der Waals surface area contributed by atoms with E-state index in [1.165, 1.54) is 0 Å². The second-order valence-electron chi connectivity index (χ2n) is 3.34. The van der Waals surface area contributed by atoms with E-state index in [0.717, 1.165) is 18.2 Å². The number of rotatable bonds is 4. The summed E-state index contributed by atoms with van der Waals surface area (Å²) in [6.07, 6.45) is 0. The molecule has 0 atom stereocenters. The van der Waals surface area contributed by atoms with Gasteiger partial charge in [0.05, 0.1) is 5.56 Å². The van der Waals surface area contributed by atoms with Crippen LogP contribution in [0.2, 0.25) is 0 Å². The molecule has 1 aromatic carbocycles. The molecule has 0 unspecified atom stereocenters. The monoisotopic (exact) mass is 234 g/mol. The molecule has 0 amide bonds. The number of ether oxygens (including phenoxy) is 1. The molecule has 0 aromatic heterocycles. The van der Waals surface area contributed by atoms with Crippen molar-refractivity contribution in [1.29, 1.82) is 0 Å². The van der Waals surface area contributed by atoms with Gasteiger partial charge in [0.2, 0.25) is 0 Å². The van der Waals surface area contributed by atoms with Gasteiger partial charge in [0.1, 0.15) is 11.6 Å². The fourth-order valence-corrected chi connectivity index (χ4v) is 0.980. The van der Waals surface area contributed by atoms with Gasteiger partial charge >= 0.3 is 5.97 Å². The zero-order chi connectivity index (χ0) is 12.3. The molecule has 0 heterocycles. The van der Waals surface area contributed by atoms with Crippen molar-refractivity contribution in [3.63, 3.8) is 0 Å². The molecular weight excluding hydrogens is 225 g/mol. The number of benzene rings is 1. The molecule has 3 nitrogen and oxygen atoms in total. The van der Waals surface area contributed by atoms with Gasteiger partial charge in [0.15, 0.2) is 6.61 Å². The minimum atomic E-state index is -3.06. The topological polar surface area (TPSA) is 46.5 Å². The standard InChI is InChI=1S/C10H9F3O3/c1-10(12,13)5-16-8-3-6(9(14)15)2-7(11)4-8/h2-4H,5H2,1H3,(H,14,15). The van der Waals surface area contributed by atoms with Crippen molar-refractivity contribution in [3.8, 4) is 5.75 Å². The van der Waals surface area contributed by atoms with E-state index >= 15 is 0 Å². The van der Waals surface area contributed by atoms with Crippen molar-refractivity contribution < 1.29 is 27.8 Å². The summed E-state index contributed by atoms with van der Waals surface area (Å²) in [6.45, 7) is -0.292. The fourth-order valence-electron chi connectivity index (χ4n) is 0.980. The van der Waals surface area contributed by atoms with E-state index in [-0.39, 0.29) is 11.3 Å². The second kappa shape index (κ2) is 4.42. The van der Waals surface area contributed by atoms with Crippen molar-refractivity contribution in [2.75, 3.05) is 6.61 Å². The first-order chi connectivity index (χ1) is 7.28. The van der Waals surface area contributed by atoms with E-state index in [1.807, 2.05) is 0 Å². The van der Waals surface area contributed by atoms with Crippen LogP contribution in [0.1, 0.15) is 17.3 Å². The lowest BCUT2D eigenvalue weighted by Gasteiger charge is -2.12. The van der Waals surface area contributed by atoms with Crippen LogP contribution >= 0.6 is 0 Å². The van der Waals surface area contributed by atoms with Crippen molar-refractivity contribution in [2.24, 2.45) is 0 Å². The molecule has 0 spiro atoms. The van der Waals surface area contributed by atoms with Gasteiger partial charge in [-0.1, -0.05) is 0 Å². The molecule has 0 saturated heterocycles. The zero-order valence-electron chi connectivity index (χ0n) is 8.34. The summed E-state index contributed by atoms with van der Waals surface area (Å²) >= 11 is 0. The number of halogens is 3. The Hall–Kier alpha value is -1.72. The average molecular weight is 234 g/mol. The molecule has 1 aromatic rings. The Kier molecular flexibility index (Phi) is 3.41. The first-order valence-electron chi connectivity index (χ1n) is 4.32. The first kappa shape index (κ1) is 12.4. The number of hydrogen-bond acceptors (Lipinski definition) is 2. The highest BCUT2D eigenvalue weighted by molar-refractivity contribution is 5.88. The van der Waals surface area contributed by atoms with Gasteiger partial charge < -0.3 is 9.84 Å². The minimum Gasteiger partial charge on any atom is -0.487 e. The van der Waals surface area contributed by atoms with Crippen LogP contribution in [0.25, 0.3) is 0 Å². The van der Waals surface area contributed by atoms with E-state index in [9.17, 15) is 18.0 Å². The quantitative estimate of drug-likeness (QED) is 0.870. The molecule has 0 bridgehead atoms. The lowest BCUT2D eigenvalue weighted by Crippen LogP contribution is -2.21. The third kappa shape index (κ3) is 3.80. The Morgan fingerprint density at radius 3 is 2.56 bits per heavy atom. The Balaban J connectivity index is 2.85. The van der Waals surface area contributed by atoms with Crippen molar-refractivity contribution in [2.45, 2.75) is 12.8 Å². The lowest BCUT2D eigenvalue weighted by molar-refractivity contribution is -0.0230. The van der Waals surface area contributed by atoms with Crippen LogP contribution < -0.4 is 4.74 Å². The summed E-state index contributed by atoms with van der Waals surface area (Å²) in [4.78, 5) is 10.5. The maximum atomic E-state index is 12.9. The number of carboxylic acid groups (broad SMARTS) is 1. The van der Waals surface area contributed by atoms with Crippen LogP contribution in [0.15, 0.2) is 18.2 Å². The highest BCUT2D eigenvalue weighted by atomic mass is 19.3. The normalized spacial score (nSPS) is 11.2. The van der Waals surface area contributed by atoms with Gasteiger partial charge in [0.25, 0.3) is 5.92 Å². The molecule has 88 valence electrons. The summed E-state index contributed by atoms with van der Waals surface area (Å²) in [5, 5.41) is 8.59. The second-order valence-corrected chi connectivity index (χ2v) is 3.34. The number of carbonyl (C=O) groups is 1. The van der Waals surface area contributed by atoms with E-state index in [0.29, 0.717) is 6.92 Å². The van der Waals surface area contributed by atoms with Crippen molar-refractivity contribution >= 4 is 5.97 Å². The van der Waals surface area contributed by atoms with E-state index in [2.05, 4.69) is 4.74 Å². The van der Waals surface area contributed by atoms with Crippen LogP contribution in [0, 0.1) is 5.82 Å². The molecule has 1 N–H and O–H groups in total. The minimum absolute atomic E-state index is 0.237.